The summed E-state index contributed by atoms with van der Waals surface area (Å²) in [5, 5.41) is 3.08. The summed E-state index contributed by atoms with van der Waals surface area (Å²) < 4.78 is 0. The Morgan fingerprint density at radius 2 is 2.10 bits per heavy atom. The summed E-state index contributed by atoms with van der Waals surface area (Å²) in [6.07, 6.45) is 2.22. The number of nitrogens with one attached hydrogen (secondary N) is 1. The van der Waals surface area contributed by atoms with Gasteiger partial charge in [-0.1, -0.05) is 37.3 Å². The van der Waals surface area contributed by atoms with E-state index >= 15 is 0 Å². The van der Waals surface area contributed by atoms with Gasteiger partial charge in [0.2, 0.25) is 5.91 Å². The van der Waals surface area contributed by atoms with Crippen molar-refractivity contribution in [2.24, 2.45) is 11.8 Å². The molecular formula is C16H25ClN2O. The minimum atomic E-state index is 0. The Kier molecular flexibility index (Phi) is 7.03. The fraction of sp³-hybridized carbons (Fsp3) is 0.562. The van der Waals surface area contributed by atoms with Crippen molar-refractivity contribution in [2.75, 3.05) is 26.7 Å². The number of halogens is 1. The van der Waals surface area contributed by atoms with E-state index in [9.17, 15) is 4.79 Å². The molecule has 0 bridgehead atoms. The van der Waals surface area contributed by atoms with Crippen LogP contribution in [0.5, 0.6) is 0 Å². The third kappa shape index (κ3) is 4.50. The van der Waals surface area contributed by atoms with Gasteiger partial charge in [0.15, 0.2) is 0 Å². The van der Waals surface area contributed by atoms with Gasteiger partial charge in [-0.2, -0.15) is 0 Å². The number of amides is 1. The zero-order chi connectivity index (χ0) is 13.7. The van der Waals surface area contributed by atoms with Crippen molar-refractivity contribution in [3.05, 3.63) is 35.9 Å². The molecule has 112 valence electrons. The van der Waals surface area contributed by atoms with Crippen LogP contribution >= 0.6 is 12.4 Å². The van der Waals surface area contributed by atoms with Crippen LogP contribution in [-0.4, -0.2) is 37.5 Å². The number of carbonyl (C=O) groups excluding carboxylic acids is 1. The van der Waals surface area contributed by atoms with Crippen LogP contribution in [0.4, 0.5) is 0 Å². The number of rotatable bonds is 5. The first-order chi connectivity index (χ1) is 9.20. The number of benzene rings is 1. The molecule has 0 radical (unpaired) electrons. The standard InChI is InChI=1S/C16H24N2O.ClH/c1-13(11-17-2)16(19)18-9-8-15(12-18)10-14-6-4-3-5-7-14;/h3-7,13,15,17H,8-12H2,1-2H3;1H. The molecule has 2 rings (SSSR count). The molecule has 0 aliphatic carbocycles. The Morgan fingerprint density at radius 1 is 1.40 bits per heavy atom. The predicted octanol–water partition coefficient (Wildman–Crippen LogP) is 2.35. The normalized spacial score (nSPS) is 19.5. The van der Waals surface area contributed by atoms with Crippen molar-refractivity contribution < 1.29 is 4.79 Å². The molecule has 1 amide bonds. The van der Waals surface area contributed by atoms with E-state index in [1.54, 1.807) is 0 Å². The van der Waals surface area contributed by atoms with Gasteiger partial charge >= 0.3 is 0 Å². The lowest BCUT2D eigenvalue weighted by Gasteiger charge is -2.21. The zero-order valence-electron chi connectivity index (χ0n) is 12.3. The lowest BCUT2D eigenvalue weighted by atomic mass is 9.99. The number of hydrogen-bond acceptors (Lipinski definition) is 2. The molecule has 0 saturated carbocycles. The highest BCUT2D eigenvalue weighted by Crippen LogP contribution is 2.22. The molecular weight excluding hydrogens is 272 g/mol. The topological polar surface area (TPSA) is 32.3 Å². The van der Waals surface area contributed by atoms with Gasteiger partial charge in [-0.05, 0) is 31.4 Å². The molecule has 0 aromatic heterocycles. The third-order valence-electron chi connectivity index (χ3n) is 3.90. The molecule has 20 heavy (non-hydrogen) atoms. The molecule has 2 unspecified atom stereocenters. The lowest BCUT2D eigenvalue weighted by Crippen LogP contribution is -2.37. The van der Waals surface area contributed by atoms with Crippen molar-refractivity contribution in [3.8, 4) is 0 Å². The molecule has 1 saturated heterocycles. The number of likely N-dealkylation sites (tertiary alicyclic amines) is 1. The molecule has 3 nitrogen and oxygen atoms in total. The third-order valence-corrected chi connectivity index (χ3v) is 3.90. The zero-order valence-corrected chi connectivity index (χ0v) is 13.2. The van der Waals surface area contributed by atoms with Crippen molar-refractivity contribution in [3.63, 3.8) is 0 Å². The Bertz CT molecular complexity index is 410. The SMILES string of the molecule is CNCC(C)C(=O)N1CCC(Cc2ccccc2)C1.Cl. The summed E-state index contributed by atoms with van der Waals surface area (Å²) in [4.78, 5) is 14.3. The Morgan fingerprint density at radius 3 is 2.75 bits per heavy atom. The van der Waals surface area contributed by atoms with Gasteiger partial charge in [0.05, 0.1) is 0 Å². The quantitative estimate of drug-likeness (QED) is 0.905. The van der Waals surface area contributed by atoms with Crippen LogP contribution in [0.25, 0.3) is 0 Å². The molecule has 1 aromatic carbocycles. The van der Waals surface area contributed by atoms with Gasteiger partial charge in [-0.25, -0.2) is 0 Å². The van der Waals surface area contributed by atoms with E-state index in [-0.39, 0.29) is 18.3 Å². The van der Waals surface area contributed by atoms with Crippen LogP contribution in [0, 0.1) is 11.8 Å². The van der Waals surface area contributed by atoms with Gasteiger partial charge in [0.1, 0.15) is 0 Å². The molecule has 1 aliphatic rings. The largest absolute Gasteiger partial charge is 0.342 e. The highest BCUT2D eigenvalue weighted by atomic mass is 35.5. The summed E-state index contributed by atoms with van der Waals surface area (Å²) in [7, 11) is 1.89. The molecule has 1 N–H and O–H groups in total. The van der Waals surface area contributed by atoms with Gasteiger partial charge in [0, 0.05) is 25.6 Å². The lowest BCUT2D eigenvalue weighted by molar-refractivity contribution is -0.133. The minimum Gasteiger partial charge on any atom is -0.342 e. The number of nitrogens with zero attached hydrogens (tertiary/aromatic N) is 1. The van der Waals surface area contributed by atoms with Crippen molar-refractivity contribution in [2.45, 2.75) is 19.8 Å². The van der Waals surface area contributed by atoms with Gasteiger partial charge in [-0.15, -0.1) is 12.4 Å². The first-order valence-electron chi connectivity index (χ1n) is 7.18. The second-order valence-corrected chi connectivity index (χ2v) is 5.59. The number of carbonyl (C=O) groups is 1. The fourth-order valence-electron chi connectivity index (χ4n) is 2.85. The summed E-state index contributed by atoms with van der Waals surface area (Å²) in [5.41, 5.74) is 1.38. The van der Waals surface area contributed by atoms with E-state index in [2.05, 4.69) is 29.6 Å². The van der Waals surface area contributed by atoms with E-state index in [4.69, 9.17) is 0 Å². The summed E-state index contributed by atoms with van der Waals surface area (Å²) >= 11 is 0. The average Bonchev–Trinajstić information content (AvgIpc) is 2.88. The Labute approximate surface area is 128 Å². The first kappa shape index (κ1) is 17.0. The van der Waals surface area contributed by atoms with Crippen LogP contribution in [-0.2, 0) is 11.2 Å². The molecule has 0 spiro atoms. The van der Waals surface area contributed by atoms with Crippen LogP contribution < -0.4 is 5.32 Å². The Balaban J connectivity index is 0.00000200. The van der Waals surface area contributed by atoms with Crippen LogP contribution in [0.2, 0.25) is 0 Å². The van der Waals surface area contributed by atoms with E-state index in [1.807, 2.05) is 24.9 Å². The second-order valence-electron chi connectivity index (χ2n) is 5.59. The maximum Gasteiger partial charge on any atom is 0.226 e. The van der Waals surface area contributed by atoms with E-state index < -0.39 is 0 Å². The summed E-state index contributed by atoms with van der Waals surface area (Å²) in [6, 6.07) is 10.6. The van der Waals surface area contributed by atoms with Crippen molar-refractivity contribution in [1.29, 1.82) is 0 Å². The van der Waals surface area contributed by atoms with Gasteiger partial charge < -0.3 is 10.2 Å². The summed E-state index contributed by atoms with van der Waals surface area (Å²) in [5.74, 6) is 0.999. The average molecular weight is 297 g/mol. The molecule has 1 fully saturated rings. The maximum absolute atomic E-state index is 12.2. The highest BCUT2D eigenvalue weighted by molar-refractivity contribution is 5.85. The van der Waals surface area contributed by atoms with E-state index in [0.29, 0.717) is 11.8 Å². The fourth-order valence-corrected chi connectivity index (χ4v) is 2.85. The molecule has 2 atom stereocenters. The molecule has 1 heterocycles. The van der Waals surface area contributed by atoms with Crippen molar-refractivity contribution in [1.82, 2.24) is 10.2 Å². The van der Waals surface area contributed by atoms with Crippen LogP contribution in [0.15, 0.2) is 30.3 Å². The maximum atomic E-state index is 12.2. The van der Waals surface area contributed by atoms with Gasteiger partial charge in [-0.3, -0.25) is 4.79 Å². The van der Waals surface area contributed by atoms with Gasteiger partial charge in [0.25, 0.3) is 0 Å². The molecule has 1 aromatic rings. The molecule has 1 aliphatic heterocycles. The van der Waals surface area contributed by atoms with Crippen LogP contribution in [0.3, 0.4) is 0 Å². The summed E-state index contributed by atoms with van der Waals surface area (Å²) in [6.45, 7) is 4.61. The predicted molar refractivity (Wildman–Crippen MR) is 85.2 cm³/mol. The highest BCUT2D eigenvalue weighted by Gasteiger charge is 2.28. The smallest absolute Gasteiger partial charge is 0.226 e. The van der Waals surface area contributed by atoms with Crippen LogP contribution in [0.1, 0.15) is 18.9 Å². The molecule has 4 heteroatoms. The monoisotopic (exact) mass is 296 g/mol. The van der Waals surface area contributed by atoms with E-state index in [0.717, 1.165) is 32.5 Å². The Hall–Kier alpha value is -1.06. The minimum absolute atomic E-state index is 0. The second kappa shape index (κ2) is 8.28. The number of hydrogen-bond donors (Lipinski definition) is 1. The van der Waals surface area contributed by atoms with Crippen molar-refractivity contribution >= 4 is 18.3 Å². The van der Waals surface area contributed by atoms with E-state index in [1.165, 1.54) is 5.56 Å². The first-order valence-corrected chi connectivity index (χ1v) is 7.18.